The van der Waals surface area contributed by atoms with Crippen LogP contribution >= 0.6 is 0 Å². The Morgan fingerprint density at radius 1 is 0.244 bits per heavy atom. The molecule has 0 atom stereocenters. The van der Waals surface area contributed by atoms with Gasteiger partial charge in [0.25, 0.3) is 0 Å². The molecule has 10 rings (SSSR count). The Morgan fingerprint density at radius 3 is 0.833 bits per heavy atom. The number of hydrogen-bond donors (Lipinski definition) is 0. The average Bonchev–Trinajstić information content (AvgIpc) is 4.24. The first-order valence-electron chi connectivity index (χ1n) is 26.6. The molecule has 9 aromatic carbocycles. The average molecular weight is 1060 g/mol. The minimum Gasteiger partial charge on any atom is -0.207 e. The molecule has 1 aliphatic carbocycles. The topological polar surface area (TPSA) is 0 Å². The molecule has 0 aromatic heterocycles. The molecule has 0 spiro atoms. The SMILES string of the molecule is Cc1cc(F)c(C)c(F)c1.Cc1cc(F)c(C)c(F)c1.Cc1ccc(C)c(C)c1.Cc1ccc(C)c(C2CC2)c1.Cc1ccc(C)c(F)c1.Cc1ccc(C)c(F)c1.Cc1ccc(C)c2ccccc12.Cc1ccc(C)cc1. The van der Waals surface area contributed by atoms with E-state index in [1.807, 2.05) is 26.0 Å². The number of aryl methyl sites for hydroxylation is 15. The van der Waals surface area contributed by atoms with Gasteiger partial charge in [0.2, 0.25) is 0 Å². The lowest BCUT2D eigenvalue weighted by molar-refractivity contribution is 0.565. The Kier molecular flexibility index (Phi) is 26.6. The summed E-state index contributed by atoms with van der Waals surface area (Å²) in [5.74, 6) is -1.23. The van der Waals surface area contributed by atoms with E-state index in [1.54, 1.807) is 45.4 Å². The monoisotopic (exact) mass is 1060 g/mol. The lowest BCUT2D eigenvalue weighted by Crippen LogP contribution is -1.89. The number of rotatable bonds is 1. The van der Waals surface area contributed by atoms with Crippen molar-refractivity contribution in [1.29, 1.82) is 0 Å². The van der Waals surface area contributed by atoms with Crippen LogP contribution in [0.4, 0.5) is 26.3 Å². The summed E-state index contributed by atoms with van der Waals surface area (Å²) in [5, 5.41) is 2.75. The Labute approximate surface area is 464 Å². The van der Waals surface area contributed by atoms with Crippen molar-refractivity contribution in [3.8, 4) is 0 Å². The third-order valence-electron chi connectivity index (χ3n) is 13.2. The smallest absolute Gasteiger partial charge is 0.129 e. The van der Waals surface area contributed by atoms with Crippen LogP contribution in [0.1, 0.15) is 119 Å². The van der Waals surface area contributed by atoms with Gasteiger partial charge in [-0.3, -0.25) is 0 Å². The summed E-state index contributed by atoms with van der Waals surface area (Å²) in [4.78, 5) is 0. The van der Waals surface area contributed by atoms with Gasteiger partial charge in [-0.2, -0.15) is 0 Å². The van der Waals surface area contributed by atoms with Gasteiger partial charge in [-0.05, 0) is 250 Å². The molecule has 0 aliphatic heterocycles. The van der Waals surface area contributed by atoms with Crippen molar-refractivity contribution in [3.63, 3.8) is 0 Å². The molecule has 0 radical (unpaired) electrons. The van der Waals surface area contributed by atoms with Gasteiger partial charge in [-0.25, -0.2) is 26.3 Å². The molecule has 1 aliphatic rings. The molecular weight excluding hydrogens is 979 g/mol. The maximum Gasteiger partial charge on any atom is 0.129 e. The first-order valence-corrected chi connectivity index (χ1v) is 26.6. The van der Waals surface area contributed by atoms with Crippen LogP contribution in [0.25, 0.3) is 10.8 Å². The molecule has 0 heterocycles. The second kappa shape index (κ2) is 31.9. The highest BCUT2D eigenvalue weighted by Crippen LogP contribution is 2.41. The summed E-state index contributed by atoms with van der Waals surface area (Å²) >= 11 is 0. The molecule has 0 bridgehead atoms. The van der Waals surface area contributed by atoms with Crippen LogP contribution in [0.3, 0.4) is 0 Å². The zero-order valence-electron chi connectivity index (χ0n) is 49.3. The Balaban J connectivity index is 0.000000235. The van der Waals surface area contributed by atoms with Crippen LogP contribution in [-0.2, 0) is 0 Å². The number of fused-ring (bicyclic) bond motifs is 1. The van der Waals surface area contributed by atoms with E-state index in [1.165, 1.54) is 124 Å². The summed E-state index contributed by atoms with van der Waals surface area (Å²) in [6, 6.07) is 50.4. The maximum absolute atomic E-state index is 12.6. The Hall–Kier alpha value is -7.18. The minimum atomic E-state index is -0.475. The largest absolute Gasteiger partial charge is 0.207 e. The molecule has 0 N–H and O–H groups in total. The van der Waals surface area contributed by atoms with Crippen molar-refractivity contribution in [2.45, 2.75) is 136 Å². The van der Waals surface area contributed by atoms with E-state index in [2.05, 4.69) is 159 Å². The van der Waals surface area contributed by atoms with Crippen LogP contribution in [0.2, 0.25) is 0 Å². The predicted octanol–water partition coefficient (Wildman–Crippen LogP) is 21.6. The van der Waals surface area contributed by atoms with Crippen LogP contribution in [0, 0.1) is 153 Å². The second-order valence-electron chi connectivity index (χ2n) is 20.8. The van der Waals surface area contributed by atoms with Gasteiger partial charge in [-0.15, -0.1) is 0 Å². The molecule has 0 nitrogen and oxygen atoms in total. The van der Waals surface area contributed by atoms with Gasteiger partial charge in [0.1, 0.15) is 34.9 Å². The van der Waals surface area contributed by atoms with Crippen molar-refractivity contribution < 1.29 is 26.3 Å². The second-order valence-corrected chi connectivity index (χ2v) is 20.8. The normalized spacial score (nSPS) is 10.9. The van der Waals surface area contributed by atoms with Crippen LogP contribution in [0.15, 0.2) is 158 Å². The number of benzene rings is 9. The quantitative estimate of drug-likeness (QED) is 0.144. The molecule has 6 heteroatoms. The van der Waals surface area contributed by atoms with E-state index >= 15 is 0 Å². The maximum atomic E-state index is 12.6. The third-order valence-corrected chi connectivity index (χ3v) is 13.2. The first kappa shape index (κ1) is 65.1. The Morgan fingerprint density at radius 2 is 0.526 bits per heavy atom. The van der Waals surface area contributed by atoms with Crippen LogP contribution in [0.5, 0.6) is 0 Å². The fourth-order valence-electron chi connectivity index (χ4n) is 7.66. The summed E-state index contributed by atoms with van der Waals surface area (Å²) in [5.41, 5.74) is 18.7. The van der Waals surface area contributed by atoms with E-state index in [9.17, 15) is 26.3 Å². The van der Waals surface area contributed by atoms with Gasteiger partial charge in [0.05, 0.1) is 0 Å². The molecule has 0 saturated heterocycles. The van der Waals surface area contributed by atoms with Gasteiger partial charge in [-0.1, -0.05) is 144 Å². The molecule has 78 heavy (non-hydrogen) atoms. The standard InChI is InChI=1S/C12H12.C11H14.C9H12.2C8H8F2.2C8H9F.C8H10/c1-9-7-8-10(2)12-6-4-3-5-11(9)12;1-8-3-4-9(2)11(7-8)10-5-6-10;1-7-4-5-8(2)9(3)6-7;2*1-5-3-7(9)6(2)8(10)4-5;2*1-6-3-4-7(2)8(9)5-6;1-7-3-5-8(2)6-4-7/h3-8H,1-2H3;3-4,7,10H,5-6H2,1-2H3;4-6H,1-3H3;2*3-4H,1-2H3;2*3-5H,1-2H3;3-6H,1-2H3. The summed E-state index contributed by atoms with van der Waals surface area (Å²) in [7, 11) is 0. The van der Waals surface area contributed by atoms with Crippen molar-refractivity contribution in [2.75, 3.05) is 0 Å². The van der Waals surface area contributed by atoms with Gasteiger partial charge < -0.3 is 0 Å². The number of hydrogen-bond acceptors (Lipinski definition) is 0. The van der Waals surface area contributed by atoms with Gasteiger partial charge in [0.15, 0.2) is 0 Å². The molecule has 1 fully saturated rings. The van der Waals surface area contributed by atoms with E-state index in [4.69, 9.17) is 0 Å². The predicted molar refractivity (Wildman–Crippen MR) is 321 cm³/mol. The molecule has 1 saturated carbocycles. The van der Waals surface area contributed by atoms with E-state index in [0.717, 1.165) is 17.0 Å². The minimum absolute atomic E-state index is 0.0885. The number of halogens is 6. The van der Waals surface area contributed by atoms with Crippen LogP contribution in [-0.4, -0.2) is 0 Å². The third kappa shape index (κ3) is 22.8. The van der Waals surface area contributed by atoms with Crippen molar-refractivity contribution in [3.05, 3.63) is 293 Å². The molecule has 9 aromatic rings. The van der Waals surface area contributed by atoms with Crippen molar-refractivity contribution >= 4 is 10.8 Å². The summed E-state index contributed by atoms with van der Waals surface area (Å²) in [6.07, 6.45) is 2.81. The molecular formula is C72H82F6. The van der Waals surface area contributed by atoms with Crippen molar-refractivity contribution in [1.82, 2.24) is 0 Å². The zero-order chi connectivity index (χ0) is 58.4. The fourth-order valence-corrected chi connectivity index (χ4v) is 7.66. The Bertz CT molecular complexity index is 3040. The van der Waals surface area contributed by atoms with E-state index in [-0.39, 0.29) is 22.8 Å². The van der Waals surface area contributed by atoms with Gasteiger partial charge in [0, 0.05) is 11.1 Å². The summed E-state index contributed by atoms with van der Waals surface area (Å²) in [6.45, 7) is 32.7. The molecule has 412 valence electrons. The zero-order valence-corrected chi connectivity index (χ0v) is 49.3. The van der Waals surface area contributed by atoms with Crippen molar-refractivity contribution in [2.24, 2.45) is 0 Å². The molecule has 0 amide bonds. The lowest BCUT2D eigenvalue weighted by atomic mass is 10.0. The lowest BCUT2D eigenvalue weighted by Gasteiger charge is -2.03. The highest BCUT2D eigenvalue weighted by Gasteiger charge is 2.24. The van der Waals surface area contributed by atoms with E-state index < -0.39 is 23.3 Å². The van der Waals surface area contributed by atoms with Crippen LogP contribution < -0.4 is 0 Å². The highest BCUT2D eigenvalue weighted by atomic mass is 19.2. The highest BCUT2D eigenvalue weighted by molar-refractivity contribution is 5.88. The van der Waals surface area contributed by atoms with Gasteiger partial charge >= 0.3 is 0 Å². The summed E-state index contributed by atoms with van der Waals surface area (Å²) < 4.78 is 75.6. The first-order chi connectivity index (χ1) is 36.7. The molecule has 0 unspecified atom stereocenters. The fraction of sp³-hybridized carbons (Fsp3) is 0.278. The van der Waals surface area contributed by atoms with E-state index in [0.29, 0.717) is 22.3 Å².